The molecule has 9 heteroatoms. The number of nitrogens with zero attached hydrogens (tertiary/aromatic N) is 6. The third-order valence-electron chi connectivity index (χ3n) is 7.19. The monoisotopic (exact) mass is 484 g/mol. The maximum absolute atomic E-state index is 13.3. The highest BCUT2D eigenvalue weighted by atomic mass is 16.5. The Bertz CT molecular complexity index is 1390. The number of carbonyl (C=O) groups is 1. The van der Waals surface area contributed by atoms with E-state index in [0.717, 1.165) is 47.2 Å². The summed E-state index contributed by atoms with van der Waals surface area (Å²) in [6.07, 6.45) is 2.47. The van der Waals surface area contributed by atoms with E-state index in [2.05, 4.69) is 14.9 Å². The third-order valence-corrected chi connectivity index (χ3v) is 7.19. The van der Waals surface area contributed by atoms with Gasteiger partial charge in [0.05, 0.1) is 23.4 Å². The van der Waals surface area contributed by atoms with E-state index < -0.39 is 0 Å². The Hall–Kier alpha value is -4.14. The Labute approximate surface area is 209 Å². The van der Waals surface area contributed by atoms with Crippen LogP contribution < -0.4 is 15.2 Å². The molecule has 0 saturated carbocycles. The SMILES string of the molecule is Cn1ncc(N2CCC(C(=O)N3CCN(C4=Nc5ccccc5Oc5ccccc54)CC3)C2)cc1=O. The molecule has 4 heterocycles. The van der Waals surface area contributed by atoms with Gasteiger partial charge in [0.25, 0.3) is 5.56 Å². The van der Waals surface area contributed by atoms with Crippen LogP contribution in [0.25, 0.3) is 0 Å². The van der Waals surface area contributed by atoms with E-state index in [1.54, 1.807) is 19.3 Å². The maximum atomic E-state index is 13.3. The van der Waals surface area contributed by atoms with Gasteiger partial charge >= 0.3 is 0 Å². The van der Waals surface area contributed by atoms with Gasteiger partial charge in [-0.25, -0.2) is 9.67 Å². The number of hydrogen-bond donors (Lipinski definition) is 0. The number of fused-ring (bicyclic) bond motifs is 2. The molecule has 1 atom stereocenters. The number of benzene rings is 2. The summed E-state index contributed by atoms with van der Waals surface area (Å²) in [6, 6.07) is 17.4. The molecule has 9 nitrogen and oxygen atoms in total. The van der Waals surface area contributed by atoms with E-state index in [1.165, 1.54) is 4.68 Å². The predicted molar refractivity (Wildman–Crippen MR) is 137 cm³/mol. The number of aliphatic imine (C=N–C) groups is 1. The molecule has 1 amide bonds. The maximum Gasteiger partial charge on any atom is 0.268 e. The van der Waals surface area contributed by atoms with Crippen LogP contribution in [0.15, 0.2) is 70.6 Å². The predicted octanol–water partition coefficient (Wildman–Crippen LogP) is 2.64. The Balaban J connectivity index is 1.14. The Morgan fingerprint density at radius 1 is 0.944 bits per heavy atom. The average Bonchev–Trinajstić information content (AvgIpc) is 3.34. The number of aromatic nitrogens is 2. The zero-order valence-electron chi connectivity index (χ0n) is 20.2. The van der Waals surface area contributed by atoms with E-state index in [0.29, 0.717) is 32.7 Å². The van der Waals surface area contributed by atoms with Crippen molar-refractivity contribution in [1.82, 2.24) is 19.6 Å². The molecule has 3 aliphatic rings. The summed E-state index contributed by atoms with van der Waals surface area (Å²) in [7, 11) is 1.63. The van der Waals surface area contributed by atoms with Gasteiger partial charge < -0.3 is 19.4 Å². The van der Waals surface area contributed by atoms with Crippen LogP contribution in [0, 0.1) is 5.92 Å². The Morgan fingerprint density at radius 2 is 1.69 bits per heavy atom. The number of amidine groups is 1. The first-order chi connectivity index (χ1) is 17.6. The van der Waals surface area contributed by atoms with Gasteiger partial charge in [-0.05, 0) is 30.7 Å². The van der Waals surface area contributed by atoms with Gasteiger partial charge in [-0.2, -0.15) is 5.10 Å². The van der Waals surface area contributed by atoms with E-state index in [4.69, 9.17) is 9.73 Å². The van der Waals surface area contributed by atoms with Gasteiger partial charge in [0.2, 0.25) is 5.91 Å². The first-order valence-corrected chi connectivity index (χ1v) is 12.3. The summed E-state index contributed by atoms with van der Waals surface area (Å²) in [5, 5.41) is 4.11. The van der Waals surface area contributed by atoms with Crippen molar-refractivity contribution in [3.63, 3.8) is 0 Å². The van der Waals surface area contributed by atoms with E-state index in [-0.39, 0.29) is 17.4 Å². The molecule has 0 N–H and O–H groups in total. The summed E-state index contributed by atoms with van der Waals surface area (Å²) >= 11 is 0. The molecule has 1 unspecified atom stereocenters. The second-order valence-corrected chi connectivity index (χ2v) is 9.42. The molecule has 2 aromatic carbocycles. The molecule has 0 bridgehead atoms. The van der Waals surface area contributed by atoms with Crippen LogP contribution in [0.3, 0.4) is 0 Å². The number of amides is 1. The van der Waals surface area contributed by atoms with E-state index in [1.807, 2.05) is 53.4 Å². The highest BCUT2D eigenvalue weighted by Crippen LogP contribution is 2.38. The molecule has 2 saturated heterocycles. The molecule has 3 aromatic rings. The summed E-state index contributed by atoms with van der Waals surface area (Å²) < 4.78 is 7.48. The van der Waals surface area contributed by atoms with Crippen LogP contribution >= 0.6 is 0 Å². The molecular formula is C27H28N6O3. The minimum Gasteiger partial charge on any atom is -0.454 e. The fraction of sp³-hybridized carbons (Fsp3) is 0.333. The van der Waals surface area contributed by atoms with Crippen molar-refractivity contribution in [3.8, 4) is 11.5 Å². The number of carbonyl (C=O) groups excluding carboxylic acids is 1. The number of hydrogen-bond acceptors (Lipinski definition) is 7. The molecule has 184 valence electrons. The van der Waals surface area contributed by atoms with Crippen LogP contribution in [0.2, 0.25) is 0 Å². The van der Waals surface area contributed by atoms with Gasteiger partial charge in [-0.3, -0.25) is 9.59 Å². The highest BCUT2D eigenvalue weighted by molar-refractivity contribution is 6.03. The molecular weight excluding hydrogens is 456 g/mol. The normalized spacial score (nSPS) is 19.2. The Morgan fingerprint density at radius 3 is 2.50 bits per heavy atom. The molecule has 6 rings (SSSR count). The topological polar surface area (TPSA) is 83.3 Å². The first-order valence-electron chi connectivity index (χ1n) is 12.3. The molecule has 0 aliphatic carbocycles. The minimum absolute atomic E-state index is 0.0724. The van der Waals surface area contributed by atoms with Crippen molar-refractivity contribution in [1.29, 1.82) is 0 Å². The second kappa shape index (κ2) is 9.14. The highest BCUT2D eigenvalue weighted by Gasteiger charge is 2.34. The summed E-state index contributed by atoms with van der Waals surface area (Å²) in [6.45, 7) is 4.06. The summed E-state index contributed by atoms with van der Waals surface area (Å²) in [4.78, 5) is 36.6. The van der Waals surface area contributed by atoms with E-state index >= 15 is 0 Å². The lowest BCUT2D eigenvalue weighted by Gasteiger charge is -2.37. The second-order valence-electron chi connectivity index (χ2n) is 9.42. The number of para-hydroxylation sites is 3. The van der Waals surface area contributed by atoms with Crippen LogP contribution in [0.5, 0.6) is 11.5 Å². The smallest absolute Gasteiger partial charge is 0.268 e. The number of piperazine rings is 1. The van der Waals surface area contributed by atoms with Crippen molar-refractivity contribution in [2.75, 3.05) is 44.2 Å². The molecule has 36 heavy (non-hydrogen) atoms. The van der Waals surface area contributed by atoms with Crippen LogP contribution in [0.1, 0.15) is 12.0 Å². The zero-order valence-corrected chi connectivity index (χ0v) is 20.2. The number of rotatable bonds is 2. The average molecular weight is 485 g/mol. The fourth-order valence-corrected chi connectivity index (χ4v) is 5.14. The van der Waals surface area contributed by atoms with Crippen molar-refractivity contribution >= 4 is 23.1 Å². The van der Waals surface area contributed by atoms with Crippen LogP contribution in [-0.2, 0) is 11.8 Å². The number of aryl methyl sites for hydroxylation is 1. The minimum atomic E-state index is -0.144. The lowest BCUT2D eigenvalue weighted by molar-refractivity contribution is -0.136. The molecule has 0 spiro atoms. The van der Waals surface area contributed by atoms with Crippen molar-refractivity contribution in [2.45, 2.75) is 6.42 Å². The van der Waals surface area contributed by atoms with Crippen LogP contribution in [0.4, 0.5) is 11.4 Å². The van der Waals surface area contributed by atoms with Crippen molar-refractivity contribution in [2.24, 2.45) is 18.0 Å². The van der Waals surface area contributed by atoms with Gasteiger partial charge in [-0.1, -0.05) is 24.3 Å². The standard InChI is InChI=1S/C27H28N6O3/c1-30-25(34)16-20(17-28-30)33-11-10-19(18-33)27(35)32-14-12-31(13-15-32)26-21-6-2-4-8-23(21)36-24-9-5-3-7-22(24)29-26/h2-9,16-17,19H,10-15,18H2,1H3. The summed E-state index contributed by atoms with van der Waals surface area (Å²) in [5.74, 6) is 2.53. The number of ether oxygens (including phenoxy) is 1. The number of anilines is 1. The molecule has 2 fully saturated rings. The van der Waals surface area contributed by atoms with Crippen molar-refractivity contribution in [3.05, 3.63) is 76.7 Å². The van der Waals surface area contributed by atoms with Gasteiger partial charge in [0.1, 0.15) is 17.3 Å². The van der Waals surface area contributed by atoms with E-state index in [9.17, 15) is 9.59 Å². The zero-order chi connectivity index (χ0) is 24.6. The molecule has 0 radical (unpaired) electrons. The quantitative estimate of drug-likeness (QED) is 0.556. The fourth-order valence-electron chi connectivity index (χ4n) is 5.14. The van der Waals surface area contributed by atoms with Crippen molar-refractivity contribution < 1.29 is 9.53 Å². The third kappa shape index (κ3) is 4.10. The van der Waals surface area contributed by atoms with Gasteiger partial charge in [-0.15, -0.1) is 0 Å². The lowest BCUT2D eigenvalue weighted by Crippen LogP contribution is -2.52. The molecule has 1 aromatic heterocycles. The van der Waals surface area contributed by atoms with Gasteiger partial charge in [0, 0.05) is 52.4 Å². The Kier molecular flexibility index (Phi) is 5.67. The lowest BCUT2D eigenvalue weighted by atomic mass is 10.1. The van der Waals surface area contributed by atoms with Gasteiger partial charge in [0.15, 0.2) is 5.75 Å². The first kappa shape index (κ1) is 22.3. The van der Waals surface area contributed by atoms with Crippen LogP contribution in [-0.4, -0.2) is 70.6 Å². The largest absolute Gasteiger partial charge is 0.454 e. The summed E-state index contributed by atoms with van der Waals surface area (Å²) in [5.41, 5.74) is 2.40. The molecule has 3 aliphatic heterocycles.